The number of nitrogens with zero attached hydrogens (tertiary/aromatic N) is 2. The standard InChI is InChI=1S/C17H29N3O4Si/c1-7-17-10-22-12(13(17)24-25(5,6)16(2,3)4)14(23-17)20-9-8-11(18)19-15(20)21/h8-9,12-14H,7,10H2,1-6H3,(H2,18,19,21)/t12-,13+,14-,17+/m1/s1/i7D/t7?,12-,13+,14-,17+. The van der Waals surface area contributed by atoms with Crippen molar-refractivity contribution < 1.29 is 15.3 Å². The van der Waals surface area contributed by atoms with Gasteiger partial charge in [-0.25, -0.2) is 4.79 Å². The second-order valence-electron chi connectivity index (χ2n) is 8.37. The lowest BCUT2D eigenvalue weighted by atomic mass is 9.96. The quantitative estimate of drug-likeness (QED) is 0.820. The largest absolute Gasteiger partial charge is 0.408 e. The lowest BCUT2D eigenvalue weighted by molar-refractivity contribution is -0.175. The molecule has 2 fully saturated rings. The van der Waals surface area contributed by atoms with E-state index in [2.05, 4.69) is 38.8 Å². The number of hydrogen-bond acceptors (Lipinski definition) is 6. The Morgan fingerprint density at radius 1 is 1.56 bits per heavy atom. The molecular weight excluding hydrogens is 338 g/mol. The van der Waals surface area contributed by atoms with Crippen molar-refractivity contribution in [1.29, 1.82) is 0 Å². The summed E-state index contributed by atoms with van der Waals surface area (Å²) in [6.07, 6.45) is -0.535. The molecule has 2 aliphatic heterocycles. The summed E-state index contributed by atoms with van der Waals surface area (Å²) in [6, 6.07) is 1.55. The summed E-state index contributed by atoms with van der Waals surface area (Å²) in [5, 5.41) is 0.0105. The molecule has 25 heavy (non-hydrogen) atoms. The van der Waals surface area contributed by atoms with Crippen LogP contribution in [0.15, 0.2) is 17.1 Å². The maximum Gasteiger partial charge on any atom is 0.351 e. The lowest BCUT2D eigenvalue weighted by Crippen LogP contribution is -2.51. The summed E-state index contributed by atoms with van der Waals surface area (Å²) in [5.41, 5.74) is 4.20. The van der Waals surface area contributed by atoms with Gasteiger partial charge in [-0.15, -0.1) is 0 Å². The van der Waals surface area contributed by atoms with E-state index in [1.165, 1.54) is 4.57 Å². The highest BCUT2D eigenvalue weighted by Crippen LogP contribution is 2.50. The molecule has 7 nitrogen and oxygen atoms in total. The molecule has 3 heterocycles. The van der Waals surface area contributed by atoms with Crippen LogP contribution in [0.3, 0.4) is 0 Å². The Hall–Kier alpha value is -1.22. The molecule has 2 aliphatic rings. The highest BCUT2D eigenvalue weighted by atomic mass is 28.4. The summed E-state index contributed by atoms with van der Waals surface area (Å²) in [4.78, 5) is 16.1. The molecule has 0 aromatic carbocycles. The molecule has 1 unspecified atom stereocenters. The number of anilines is 1. The molecule has 2 N–H and O–H groups in total. The van der Waals surface area contributed by atoms with Crippen LogP contribution in [0.25, 0.3) is 0 Å². The van der Waals surface area contributed by atoms with E-state index in [9.17, 15) is 4.79 Å². The molecule has 8 heteroatoms. The van der Waals surface area contributed by atoms with Crippen LogP contribution in [-0.4, -0.2) is 42.3 Å². The summed E-state index contributed by atoms with van der Waals surface area (Å²) in [5.74, 6) is 0.160. The van der Waals surface area contributed by atoms with Gasteiger partial charge in [0.2, 0.25) is 0 Å². The molecule has 1 aromatic heterocycles. The SMILES string of the molecule is [2H]C(C)[C@@]12CO[C@@H]([C@H](n3ccc(N)nc3=O)O1)[C@@H]2O[Si](C)(C)C(C)(C)C. The number of hydrogen-bond donors (Lipinski definition) is 1. The Morgan fingerprint density at radius 3 is 2.80 bits per heavy atom. The van der Waals surface area contributed by atoms with E-state index < -0.39 is 44.4 Å². The van der Waals surface area contributed by atoms with Gasteiger partial charge in [0.25, 0.3) is 0 Å². The molecule has 2 bridgehead atoms. The summed E-state index contributed by atoms with van der Waals surface area (Å²) in [7, 11) is -2.13. The van der Waals surface area contributed by atoms with Crippen molar-refractivity contribution in [2.45, 2.75) is 76.3 Å². The van der Waals surface area contributed by atoms with E-state index in [-0.39, 0.29) is 17.5 Å². The van der Waals surface area contributed by atoms with Crippen LogP contribution in [0, 0.1) is 0 Å². The van der Waals surface area contributed by atoms with Crippen molar-refractivity contribution in [2.24, 2.45) is 0 Å². The monoisotopic (exact) mass is 368 g/mol. The minimum absolute atomic E-state index is 0.0105. The van der Waals surface area contributed by atoms with Gasteiger partial charge in [0.05, 0.1) is 6.61 Å². The highest BCUT2D eigenvalue weighted by molar-refractivity contribution is 6.74. The zero-order valence-electron chi connectivity index (χ0n) is 16.8. The summed E-state index contributed by atoms with van der Waals surface area (Å²) in [6.45, 7) is 12.9. The molecule has 2 saturated heterocycles. The third-order valence-electron chi connectivity index (χ3n) is 5.74. The van der Waals surface area contributed by atoms with Gasteiger partial charge in [-0.2, -0.15) is 4.98 Å². The molecule has 0 amide bonds. The number of rotatable bonds is 4. The second-order valence-corrected chi connectivity index (χ2v) is 13.1. The maximum absolute atomic E-state index is 12.3. The molecule has 0 spiro atoms. The summed E-state index contributed by atoms with van der Waals surface area (Å²) < 4.78 is 28.6. The van der Waals surface area contributed by atoms with Crippen LogP contribution in [0.1, 0.15) is 41.7 Å². The van der Waals surface area contributed by atoms with Gasteiger partial charge in [-0.1, -0.05) is 27.7 Å². The first kappa shape index (κ1) is 17.2. The van der Waals surface area contributed by atoms with Crippen molar-refractivity contribution in [1.82, 2.24) is 9.55 Å². The molecule has 5 atom stereocenters. The van der Waals surface area contributed by atoms with Crippen molar-refractivity contribution >= 4 is 14.1 Å². The van der Waals surface area contributed by atoms with Crippen LogP contribution < -0.4 is 11.4 Å². The third-order valence-corrected chi connectivity index (χ3v) is 10.2. The molecular formula is C17H29N3O4Si. The number of nitrogens with two attached hydrogens (primary N) is 1. The van der Waals surface area contributed by atoms with Crippen LogP contribution in [-0.2, 0) is 13.9 Å². The van der Waals surface area contributed by atoms with Crippen molar-refractivity contribution in [3.63, 3.8) is 0 Å². The molecule has 0 radical (unpaired) electrons. The molecule has 140 valence electrons. The Balaban J connectivity index is 1.99. The fraction of sp³-hybridized carbons (Fsp3) is 0.765. The van der Waals surface area contributed by atoms with Crippen LogP contribution >= 0.6 is 0 Å². The minimum atomic E-state index is -2.13. The van der Waals surface area contributed by atoms with Crippen LogP contribution in [0.5, 0.6) is 0 Å². The van der Waals surface area contributed by atoms with Gasteiger partial charge in [0.1, 0.15) is 23.6 Å². The van der Waals surface area contributed by atoms with Gasteiger partial charge in [-0.3, -0.25) is 4.57 Å². The van der Waals surface area contributed by atoms with E-state index in [0.29, 0.717) is 0 Å². The van der Waals surface area contributed by atoms with E-state index in [1.807, 2.05) is 0 Å². The predicted octanol–water partition coefficient (Wildman–Crippen LogP) is 2.29. The first-order valence-electron chi connectivity index (χ1n) is 9.21. The predicted molar refractivity (Wildman–Crippen MR) is 97.9 cm³/mol. The Bertz CT molecular complexity index is 748. The number of nitrogen functional groups attached to an aromatic ring is 1. The zero-order valence-corrected chi connectivity index (χ0v) is 16.8. The highest BCUT2D eigenvalue weighted by Gasteiger charge is 2.63. The third kappa shape index (κ3) is 2.95. The van der Waals surface area contributed by atoms with Crippen molar-refractivity contribution in [2.75, 3.05) is 12.3 Å². The van der Waals surface area contributed by atoms with Crippen LogP contribution in [0.4, 0.5) is 5.82 Å². The Labute approximate surface area is 151 Å². The average Bonchev–Trinajstić information content (AvgIpc) is 2.99. The van der Waals surface area contributed by atoms with E-state index in [0.717, 1.165) is 0 Å². The average molecular weight is 369 g/mol. The number of aromatic nitrogens is 2. The second kappa shape index (κ2) is 5.90. The topological polar surface area (TPSA) is 88.6 Å². The smallest absolute Gasteiger partial charge is 0.351 e. The lowest BCUT2D eigenvalue weighted by Gasteiger charge is -2.40. The minimum Gasteiger partial charge on any atom is -0.408 e. The normalized spacial score (nSPS) is 34.2. The van der Waals surface area contributed by atoms with E-state index in [4.69, 9.17) is 21.0 Å². The van der Waals surface area contributed by atoms with E-state index in [1.54, 1.807) is 19.2 Å². The fourth-order valence-corrected chi connectivity index (χ4v) is 4.43. The molecule has 0 aliphatic carbocycles. The Kier molecular flexibility index (Phi) is 4.06. The maximum atomic E-state index is 12.3. The van der Waals surface area contributed by atoms with Gasteiger partial charge >= 0.3 is 5.69 Å². The van der Waals surface area contributed by atoms with Crippen molar-refractivity contribution in [3.05, 3.63) is 22.7 Å². The summed E-state index contributed by atoms with van der Waals surface area (Å²) >= 11 is 0. The van der Waals surface area contributed by atoms with Gasteiger partial charge in [0, 0.05) is 7.57 Å². The van der Waals surface area contributed by atoms with Crippen LogP contribution in [0.2, 0.25) is 18.1 Å². The van der Waals surface area contributed by atoms with Gasteiger partial charge in [0.15, 0.2) is 14.5 Å². The van der Waals surface area contributed by atoms with Gasteiger partial charge in [-0.05, 0) is 30.6 Å². The first-order valence-corrected chi connectivity index (χ1v) is 11.5. The first-order chi connectivity index (χ1) is 11.9. The van der Waals surface area contributed by atoms with Crippen molar-refractivity contribution in [3.8, 4) is 0 Å². The van der Waals surface area contributed by atoms with E-state index >= 15 is 0 Å². The molecule has 3 rings (SSSR count). The zero-order chi connectivity index (χ0) is 19.5. The number of ether oxygens (including phenoxy) is 2. The molecule has 1 aromatic rings. The Morgan fingerprint density at radius 2 is 2.24 bits per heavy atom. The number of fused-ring (bicyclic) bond motifs is 2. The molecule has 0 saturated carbocycles. The fourth-order valence-electron chi connectivity index (χ4n) is 3.11. The van der Waals surface area contributed by atoms with Gasteiger partial charge < -0.3 is 19.6 Å².